The smallest absolute Gasteiger partial charge is 0.263 e. The highest BCUT2D eigenvalue weighted by atomic mass is 32.1. The van der Waals surface area contributed by atoms with E-state index < -0.39 is 0 Å². The predicted octanol–water partition coefficient (Wildman–Crippen LogP) is 4.45. The van der Waals surface area contributed by atoms with E-state index in [-0.39, 0.29) is 23.7 Å². The Hall–Kier alpha value is -2.86. The summed E-state index contributed by atoms with van der Waals surface area (Å²) in [5.41, 5.74) is 1.97. The first-order chi connectivity index (χ1) is 12.1. The minimum Gasteiger partial charge on any atom is -0.294 e. The highest BCUT2D eigenvalue weighted by Crippen LogP contribution is 2.30. The minimum atomic E-state index is -0.345. The molecule has 0 fully saturated rings. The van der Waals surface area contributed by atoms with Crippen molar-refractivity contribution in [2.75, 3.05) is 0 Å². The van der Waals surface area contributed by atoms with Crippen LogP contribution in [0.2, 0.25) is 0 Å². The second-order valence-electron chi connectivity index (χ2n) is 5.64. The highest BCUT2D eigenvalue weighted by molar-refractivity contribution is 7.17. The molecule has 2 aromatic carbocycles. The zero-order valence-corrected chi connectivity index (χ0v) is 13.8. The number of rotatable bonds is 3. The molecule has 0 bridgehead atoms. The summed E-state index contributed by atoms with van der Waals surface area (Å²) in [5.74, 6) is -0.674. The van der Waals surface area contributed by atoms with Crippen molar-refractivity contribution in [3.8, 4) is 11.1 Å². The molecule has 0 atom stereocenters. The first kappa shape index (κ1) is 15.7. The third-order valence-electron chi connectivity index (χ3n) is 3.96. The van der Waals surface area contributed by atoms with Crippen LogP contribution in [0.5, 0.6) is 0 Å². The molecule has 0 aliphatic rings. The second kappa shape index (κ2) is 6.22. The molecular formula is C19H12F2N2OS. The molecule has 0 N–H and O–H groups in total. The van der Waals surface area contributed by atoms with Crippen molar-refractivity contribution in [2.45, 2.75) is 6.54 Å². The zero-order valence-electron chi connectivity index (χ0n) is 12.9. The molecule has 0 aliphatic carbocycles. The lowest BCUT2D eigenvalue weighted by Gasteiger charge is -2.06. The molecule has 0 saturated heterocycles. The third kappa shape index (κ3) is 2.96. The standard InChI is InChI=1S/C19H12F2N2OS/c20-14-6-4-13(5-7-14)16-10-25-18-17(16)19(24)23(11-22-18)9-12-2-1-3-15(21)8-12/h1-8,10-11H,9H2. The van der Waals surface area contributed by atoms with Crippen molar-refractivity contribution in [1.29, 1.82) is 0 Å². The van der Waals surface area contributed by atoms with E-state index in [1.54, 1.807) is 24.3 Å². The van der Waals surface area contributed by atoms with Crippen molar-refractivity contribution in [3.05, 3.63) is 87.8 Å². The molecule has 2 heterocycles. The van der Waals surface area contributed by atoms with Gasteiger partial charge in [0, 0.05) is 10.9 Å². The molecule has 0 saturated carbocycles. The van der Waals surface area contributed by atoms with Crippen LogP contribution in [0.1, 0.15) is 5.56 Å². The van der Waals surface area contributed by atoms with Crippen LogP contribution < -0.4 is 5.56 Å². The Bertz CT molecular complexity index is 1120. The summed E-state index contributed by atoms with van der Waals surface area (Å²) >= 11 is 1.37. The largest absolute Gasteiger partial charge is 0.294 e. The van der Waals surface area contributed by atoms with Gasteiger partial charge < -0.3 is 0 Å². The molecule has 0 spiro atoms. The first-order valence-corrected chi connectivity index (χ1v) is 8.47. The number of halogens is 2. The Morgan fingerprint density at radius 1 is 1.04 bits per heavy atom. The maximum atomic E-state index is 13.4. The number of aromatic nitrogens is 2. The van der Waals surface area contributed by atoms with E-state index in [1.807, 2.05) is 5.38 Å². The molecule has 25 heavy (non-hydrogen) atoms. The van der Waals surface area contributed by atoms with Crippen molar-refractivity contribution in [3.63, 3.8) is 0 Å². The number of benzene rings is 2. The molecule has 2 aromatic heterocycles. The van der Waals surface area contributed by atoms with E-state index in [4.69, 9.17) is 0 Å². The van der Waals surface area contributed by atoms with E-state index in [2.05, 4.69) is 4.98 Å². The Balaban J connectivity index is 1.83. The van der Waals surface area contributed by atoms with Gasteiger partial charge in [0.25, 0.3) is 5.56 Å². The van der Waals surface area contributed by atoms with Gasteiger partial charge in [0.1, 0.15) is 16.5 Å². The number of nitrogens with zero attached hydrogens (tertiary/aromatic N) is 2. The average molecular weight is 354 g/mol. The minimum absolute atomic E-state index is 0.199. The quantitative estimate of drug-likeness (QED) is 0.545. The Morgan fingerprint density at radius 3 is 2.60 bits per heavy atom. The van der Waals surface area contributed by atoms with Gasteiger partial charge in [0.05, 0.1) is 18.3 Å². The third-order valence-corrected chi connectivity index (χ3v) is 4.84. The van der Waals surface area contributed by atoms with Gasteiger partial charge in [0.15, 0.2) is 0 Å². The summed E-state index contributed by atoms with van der Waals surface area (Å²) < 4.78 is 28.0. The number of fused-ring (bicyclic) bond motifs is 1. The van der Waals surface area contributed by atoms with Crippen LogP contribution >= 0.6 is 11.3 Å². The Kier molecular flexibility index (Phi) is 3.89. The predicted molar refractivity (Wildman–Crippen MR) is 94.8 cm³/mol. The first-order valence-electron chi connectivity index (χ1n) is 7.59. The number of hydrogen-bond acceptors (Lipinski definition) is 3. The molecule has 6 heteroatoms. The summed E-state index contributed by atoms with van der Waals surface area (Å²) in [4.78, 5) is 17.9. The second-order valence-corrected chi connectivity index (χ2v) is 6.50. The fourth-order valence-corrected chi connectivity index (χ4v) is 3.66. The average Bonchev–Trinajstić information content (AvgIpc) is 3.03. The molecule has 3 nitrogen and oxygen atoms in total. The normalized spacial score (nSPS) is 11.1. The topological polar surface area (TPSA) is 34.9 Å². The van der Waals surface area contributed by atoms with Gasteiger partial charge in [-0.1, -0.05) is 24.3 Å². The summed E-state index contributed by atoms with van der Waals surface area (Å²) in [6.45, 7) is 0.234. The van der Waals surface area contributed by atoms with E-state index >= 15 is 0 Å². The lowest BCUT2D eigenvalue weighted by molar-refractivity contribution is 0.622. The maximum absolute atomic E-state index is 13.4. The fraction of sp³-hybridized carbons (Fsp3) is 0.0526. The molecule has 4 rings (SSSR count). The maximum Gasteiger partial charge on any atom is 0.263 e. The van der Waals surface area contributed by atoms with Gasteiger partial charge in [-0.15, -0.1) is 11.3 Å². The van der Waals surface area contributed by atoms with Crippen molar-refractivity contribution < 1.29 is 8.78 Å². The van der Waals surface area contributed by atoms with Gasteiger partial charge in [-0.05, 0) is 35.4 Å². The highest BCUT2D eigenvalue weighted by Gasteiger charge is 2.13. The van der Waals surface area contributed by atoms with Crippen LogP contribution in [0.3, 0.4) is 0 Å². The summed E-state index contributed by atoms with van der Waals surface area (Å²) in [6, 6.07) is 12.1. The van der Waals surface area contributed by atoms with Crippen LogP contribution in [-0.4, -0.2) is 9.55 Å². The van der Waals surface area contributed by atoms with Crippen molar-refractivity contribution in [1.82, 2.24) is 9.55 Å². The molecule has 124 valence electrons. The molecular weight excluding hydrogens is 342 g/mol. The van der Waals surface area contributed by atoms with Crippen molar-refractivity contribution >= 4 is 21.6 Å². The lowest BCUT2D eigenvalue weighted by atomic mass is 10.1. The van der Waals surface area contributed by atoms with Gasteiger partial charge >= 0.3 is 0 Å². The van der Waals surface area contributed by atoms with Gasteiger partial charge in [0.2, 0.25) is 0 Å². The zero-order chi connectivity index (χ0) is 17.4. The summed E-state index contributed by atoms with van der Waals surface area (Å²) in [5, 5.41) is 2.34. The number of hydrogen-bond donors (Lipinski definition) is 0. The molecule has 0 amide bonds. The van der Waals surface area contributed by atoms with Gasteiger partial charge in [-0.25, -0.2) is 13.8 Å². The van der Waals surface area contributed by atoms with E-state index in [0.29, 0.717) is 15.8 Å². The summed E-state index contributed by atoms with van der Waals surface area (Å²) in [7, 11) is 0. The summed E-state index contributed by atoms with van der Waals surface area (Å²) in [6.07, 6.45) is 1.47. The lowest BCUT2D eigenvalue weighted by Crippen LogP contribution is -2.21. The van der Waals surface area contributed by atoms with Crippen LogP contribution in [0.4, 0.5) is 8.78 Å². The van der Waals surface area contributed by atoms with E-state index in [9.17, 15) is 13.6 Å². The van der Waals surface area contributed by atoms with E-state index in [0.717, 1.165) is 11.1 Å². The van der Waals surface area contributed by atoms with Crippen LogP contribution in [0, 0.1) is 11.6 Å². The Morgan fingerprint density at radius 2 is 1.84 bits per heavy atom. The van der Waals surface area contributed by atoms with E-state index in [1.165, 1.54) is 46.5 Å². The van der Waals surface area contributed by atoms with Crippen molar-refractivity contribution in [2.24, 2.45) is 0 Å². The molecule has 0 unspecified atom stereocenters. The van der Waals surface area contributed by atoms with Gasteiger partial charge in [-0.2, -0.15) is 0 Å². The SMILES string of the molecule is O=c1c2c(-c3ccc(F)cc3)csc2ncn1Cc1cccc(F)c1. The fourth-order valence-electron chi connectivity index (χ4n) is 2.75. The molecule has 0 radical (unpaired) electrons. The van der Waals surface area contributed by atoms with Gasteiger partial charge in [-0.3, -0.25) is 9.36 Å². The number of thiophene rings is 1. The molecule has 4 aromatic rings. The van der Waals surface area contributed by atoms with Crippen LogP contribution in [0.25, 0.3) is 21.3 Å². The van der Waals surface area contributed by atoms with Crippen LogP contribution in [-0.2, 0) is 6.54 Å². The monoisotopic (exact) mass is 354 g/mol. The Labute approximate surface area is 145 Å². The van der Waals surface area contributed by atoms with Crippen LogP contribution in [0.15, 0.2) is 65.0 Å². The molecule has 0 aliphatic heterocycles.